The highest BCUT2D eigenvalue weighted by atomic mass is 19.1. The van der Waals surface area contributed by atoms with E-state index in [2.05, 4.69) is 29.6 Å². The van der Waals surface area contributed by atoms with E-state index in [0.717, 1.165) is 16.9 Å². The van der Waals surface area contributed by atoms with E-state index in [1.165, 1.54) is 17.7 Å². The number of hydrogen-bond donors (Lipinski definition) is 1. The van der Waals surface area contributed by atoms with Crippen molar-refractivity contribution in [3.8, 4) is 0 Å². The summed E-state index contributed by atoms with van der Waals surface area (Å²) in [7, 11) is 0. The van der Waals surface area contributed by atoms with E-state index in [-0.39, 0.29) is 17.6 Å². The molecule has 0 spiro atoms. The Bertz CT molecular complexity index is 1560. The molecule has 2 unspecified atom stereocenters. The number of carbonyl (C=O) groups excluding carboxylic acids is 2. The Morgan fingerprint density at radius 3 is 2.34 bits per heavy atom. The molecule has 2 aliphatic rings. The Hall–Kier alpha value is -4.51. The molecule has 0 aromatic heterocycles. The first-order valence-electron chi connectivity index (χ1n) is 12.8. The maximum Gasteiger partial charge on any atom is 0.259 e. The minimum Gasteiger partial charge on any atom is -0.357 e. The van der Waals surface area contributed by atoms with Gasteiger partial charge in [0.15, 0.2) is 5.78 Å². The summed E-state index contributed by atoms with van der Waals surface area (Å²) in [5.74, 6) is -0.706. The SMILES string of the molecule is Cc1ccc(C2CC(=O)C3=C(C2)Nc2ccccc2N(C(=O)c2ccccc2)C3c2cccc(F)c2)cc1. The third-order valence-electron chi connectivity index (χ3n) is 7.44. The quantitative estimate of drug-likeness (QED) is 0.319. The fourth-order valence-electron chi connectivity index (χ4n) is 5.60. The van der Waals surface area contributed by atoms with E-state index in [1.807, 2.05) is 49.4 Å². The van der Waals surface area contributed by atoms with Crippen LogP contribution in [0.4, 0.5) is 15.8 Å². The molecular weight excluding hydrogens is 475 g/mol. The number of Topliss-reactive ketones (excluding diaryl/α,β-unsaturated/α-hetero) is 1. The van der Waals surface area contributed by atoms with Crippen molar-refractivity contribution in [1.29, 1.82) is 0 Å². The van der Waals surface area contributed by atoms with E-state index in [0.29, 0.717) is 35.2 Å². The lowest BCUT2D eigenvalue weighted by Crippen LogP contribution is -2.38. The summed E-state index contributed by atoms with van der Waals surface area (Å²) in [5.41, 5.74) is 5.99. The molecule has 4 aromatic carbocycles. The van der Waals surface area contributed by atoms with E-state index >= 15 is 0 Å². The van der Waals surface area contributed by atoms with Crippen molar-refractivity contribution in [1.82, 2.24) is 0 Å². The van der Waals surface area contributed by atoms with Crippen LogP contribution in [0.1, 0.15) is 51.8 Å². The van der Waals surface area contributed by atoms with Crippen LogP contribution < -0.4 is 10.2 Å². The fourth-order valence-corrected chi connectivity index (χ4v) is 5.60. The smallest absolute Gasteiger partial charge is 0.259 e. The number of nitrogens with one attached hydrogen (secondary N) is 1. The topological polar surface area (TPSA) is 49.4 Å². The Morgan fingerprint density at radius 2 is 1.58 bits per heavy atom. The molecule has 1 aliphatic carbocycles. The summed E-state index contributed by atoms with van der Waals surface area (Å²) in [6, 6.07) is 30.3. The predicted octanol–water partition coefficient (Wildman–Crippen LogP) is 7.35. The molecule has 4 aromatic rings. The molecule has 188 valence electrons. The first-order valence-corrected chi connectivity index (χ1v) is 12.8. The Balaban J connectivity index is 1.56. The highest BCUT2D eigenvalue weighted by molar-refractivity contribution is 6.12. The summed E-state index contributed by atoms with van der Waals surface area (Å²) in [5, 5.41) is 3.52. The molecule has 1 N–H and O–H groups in total. The number of allylic oxidation sites excluding steroid dienone is 1. The average molecular weight is 503 g/mol. The van der Waals surface area contributed by atoms with Gasteiger partial charge in [0.25, 0.3) is 5.91 Å². The van der Waals surface area contributed by atoms with Gasteiger partial charge in [-0.25, -0.2) is 4.39 Å². The van der Waals surface area contributed by atoms with Gasteiger partial charge >= 0.3 is 0 Å². The maximum atomic E-state index is 14.6. The first kappa shape index (κ1) is 23.9. The lowest BCUT2D eigenvalue weighted by Gasteiger charge is -2.35. The van der Waals surface area contributed by atoms with Crippen molar-refractivity contribution >= 4 is 23.1 Å². The van der Waals surface area contributed by atoms with Crippen molar-refractivity contribution in [3.05, 3.63) is 142 Å². The van der Waals surface area contributed by atoms with Crippen molar-refractivity contribution in [3.63, 3.8) is 0 Å². The normalized spacial score (nSPS) is 18.8. The summed E-state index contributed by atoms with van der Waals surface area (Å²) < 4.78 is 14.6. The zero-order valence-corrected chi connectivity index (χ0v) is 21.0. The van der Waals surface area contributed by atoms with Gasteiger partial charge in [-0.15, -0.1) is 0 Å². The minimum absolute atomic E-state index is 0.00560. The highest BCUT2D eigenvalue weighted by Gasteiger charge is 2.42. The number of halogens is 1. The van der Waals surface area contributed by atoms with Crippen molar-refractivity contribution in [2.75, 3.05) is 10.2 Å². The van der Waals surface area contributed by atoms with Crippen LogP contribution in [0.25, 0.3) is 0 Å². The minimum atomic E-state index is -0.781. The third-order valence-corrected chi connectivity index (χ3v) is 7.44. The largest absolute Gasteiger partial charge is 0.357 e. The van der Waals surface area contributed by atoms with Gasteiger partial charge < -0.3 is 5.32 Å². The van der Waals surface area contributed by atoms with Gasteiger partial charge in [0.2, 0.25) is 0 Å². The van der Waals surface area contributed by atoms with E-state index in [4.69, 9.17) is 0 Å². The molecule has 0 fully saturated rings. The Labute approximate surface area is 221 Å². The van der Waals surface area contributed by atoms with Crippen LogP contribution in [0.3, 0.4) is 0 Å². The first-order chi connectivity index (χ1) is 18.5. The predicted molar refractivity (Wildman–Crippen MR) is 148 cm³/mol. The molecule has 1 heterocycles. The second-order valence-corrected chi connectivity index (χ2v) is 9.97. The van der Waals surface area contributed by atoms with E-state index in [1.54, 1.807) is 29.2 Å². The highest BCUT2D eigenvalue weighted by Crippen LogP contribution is 2.47. The molecule has 5 heteroatoms. The number of aryl methyl sites for hydroxylation is 1. The number of nitrogens with zero attached hydrogens (tertiary/aromatic N) is 1. The second kappa shape index (κ2) is 9.75. The summed E-state index contributed by atoms with van der Waals surface area (Å²) in [6.45, 7) is 2.04. The number of rotatable bonds is 3. The fraction of sp³-hybridized carbons (Fsp3) is 0.152. The van der Waals surface area contributed by atoms with Gasteiger partial charge in [0, 0.05) is 23.3 Å². The second-order valence-electron chi connectivity index (χ2n) is 9.97. The molecule has 2 atom stereocenters. The summed E-state index contributed by atoms with van der Waals surface area (Å²) in [4.78, 5) is 29.8. The third kappa shape index (κ3) is 4.30. The molecule has 6 rings (SSSR count). The van der Waals surface area contributed by atoms with Gasteiger partial charge in [0.1, 0.15) is 5.82 Å². The van der Waals surface area contributed by atoms with Crippen molar-refractivity contribution in [2.45, 2.75) is 31.7 Å². The van der Waals surface area contributed by atoms with Crippen LogP contribution in [-0.2, 0) is 4.79 Å². The molecule has 0 saturated carbocycles. The zero-order chi connectivity index (χ0) is 26.2. The number of ketones is 1. The van der Waals surface area contributed by atoms with Crippen LogP contribution in [0.2, 0.25) is 0 Å². The van der Waals surface area contributed by atoms with Crippen LogP contribution in [0.5, 0.6) is 0 Å². The monoisotopic (exact) mass is 502 g/mol. The van der Waals surface area contributed by atoms with Crippen molar-refractivity contribution in [2.24, 2.45) is 0 Å². The van der Waals surface area contributed by atoms with Gasteiger partial charge in [-0.2, -0.15) is 0 Å². The molecule has 0 bridgehead atoms. The molecule has 0 radical (unpaired) electrons. The van der Waals surface area contributed by atoms with Crippen LogP contribution >= 0.6 is 0 Å². The number of benzene rings is 4. The molecule has 1 aliphatic heterocycles. The number of amides is 1. The lowest BCUT2D eigenvalue weighted by molar-refractivity contribution is -0.116. The van der Waals surface area contributed by atoms with Crippen LogP contribution in [0.15, 0.2) is 114 Å². The van der Waals surface area contributed by atoms with Crippen LogP contribution in [-0.4, -0.2) is 11.7 Å². The maximum absolute atomic E-state index is 14.6. The van der Waals surface area contributed by atoms with Gasteiger partial charge in [-0.05, 0) is 66.8 Å². The van der Waals surface area contributed by atoms with Gasteiger partial charge in [-0.1, -0.05) is 72.3 Å². The van der Waals surface area contributed by atoms with Gasteiger partial charge in [-0.3, -0.25) is 14.5 Å². The molecule has 1 amide bonds. The number of fused-ring (bicyclic) bond motifs is 1. The zero-order valence-electron chi connectivity index (χ0n) is 21.0. The number of para-hydroxylation sites is 2. The lowest BCUT2D eigenvalue weighted by atomic mass is 9.78. The van der Waals surface area contributed by atoms with E-state index < -0.39 is 11.9 Å². The molecule has 38 heavy (non-hydrogen) atoms. The summed E-state index contributed by atoms with van der Waals surface area (Å²) in [6.07, 6.45) is 0.927. The van der Waals surface area contributed by atoms with Gasteiger partial charge in [0.05, 0.1) is 17.4 Å². The number of anilines is 2. The summed E-state index contributed by atoms with van der Waals surface area (Å²) >= 11 is 0. The van der Waals surface area contributed by atoms with Crippen LogP contribution in [0, 0.1) is 12.7 Å². The number of carbonyl (C=O) groups is 2. The number of hydrogen-bond acceptors (Lipinski definition) is 3. The standard InChI is InChI=1S/C33H27FN2O2/c1-21-14-16-22(17-15-21)25-19-28-31(30(37)20-25)32(24-10-7-11-26(34)18-24)36(29-13-6-5-12-27(29)35-28)33(38)23-8-3-2-4-9-23/h2-18,25,32,35H,19-20H2,1H3. The Morgan fingerprint density at radius 1 is 0.842 bits per heavy atom. The van der Waals surface area contributed by atoms with E-state index in [9.17, 15) is 14.0 Å². The average Bonchev–Trinajstić information content (AvgIpc) is 3.08. The molecule has 0 saturated heterocycles. The Kier molecular flexibility index (Phi) is 6.12. The van der Waals surface area contributed by atoms with Crippen molar-refractivity contribution < 1.29 is 14.0 Å². The molecular formula is C33H27FN2O2. The molecule has 4 nitrogen and oxygen atoms in total.